The highest BCUT2D eigenvalue weighted by molar-refractivity contribution is 5.91. The second kappa shape index (κ2) is 6.78. The molecular weight excluding hydrogens is 244 g/mol. The maximum absolute atomic E-state index is 11.9. The predicted molar refractivity (Wildman–Crippen MR) is 74.6 cm³/mol. The third-order valence-corrected chi connectivity index (χ3v) is 3.07. The smallest absolute Gasteiger partial charge is 0.335 e. The van der Waals surface area contributed by atoms with Gasteiger partial charge in [-0.2, -0.15) is 0 Å². The van der Waals surface area contributed by atoms with Gasteiger partial charge in [-0.25, -0.2) is 9.59 Å². The van der Waals surface area contributed by atoms with Gasteiger partial charge in [-0.3, -0.25) is 0 Å². The third-order valence-electron chi connectivity index (χ3n) is 3.07. The Morgan fingerprint density at radius 1 is 1.32 bits per heavy atom. The molecule has 0 fully saturated rings. The molecule has 0 spiro atoms. The molecule has 0 radical (unpaired) electrons. The Morgan fingerprint density at radius 2 is 1.89 bits per heavy atom. The van der Waals surface area contributed by atoms with Crippen molar-refractivity contribution in [2.24, 2.45) is 0 Å². The van der Waals surface area contributed by atoms with Gasteiger partial charge in [0.1, 0.15) is 0 Å². The van der Waals surface area contributed by atoms with Crippen LogP contribution >= 0.6 is 0 Å². The number of hydrogen-bond donors (Lipinski definition) is 2. The molecule has 0 bridgehead atoms. The van der Waals surface area contributed by atoms with Crippen molar-refractivity contribution in [3.8, 4) is 0 Å². The lowest BCUT2D eigenvalue weighted by atomic mass is 10.2. The number of carboxylic acid groups (broad SMARTS) is 1. The zero-order valence-corrected chi connectivity index (χ0v) is 11.5. The Labute approximate surface area is 113 Å². The molecule has 0 aliphatic carbocycles. The molecule has 5 heteroatoms. The number of nitrogens with zero attached hydrogens (tertiary/aromatic N) is 1. The van der Waals surface area contributed by atoms with Crippen LogP contribution in [0.2, 0.25) is 0 Å². The van der Waals surface area contributed by atoms with Gasteiger partial charge in [0.25, 0.3) is 0 Å². The van der Waals surface area contributed by atoms with Gasteiger partial charge in [-0.15, -0.1) is 0 Å². The van der Waals surface area contributed by atoms with Crippen molar-refractivity contribution >= 4 is 17.7 Å². The van der Waals surface area contributed by atoms with Gasteiger partial charge in [0.2, 0.25) is 0 Å². The second-order valence-corrected chi connectivity index (χ2v) is 4.56. The molecule has 2 amide bonds. The van der Waals surface area contributed by atoms with Gasteiger partial charge in [0.05, 0.1) is 5.56 Å². The molecule has 0 aliphatic heterocycles. The van der Waals surface area contributed by atoms with Crippen molar-refractivity contribution < 1.29 is 14.7 Å². The van der Waals surface area contributed by atoms with Gasteiger partial charge < -0.3 is 15.3 Å². The van der Waals surface area contributed by atoms with Gasteiger partial charge in [0, 0.05) is 18.8 Å². The van der Waals surface area contributed by atoms with E-state index in [0.717, 1.165) is 12.8 Å². The van der Waals surface area contributed by atoms with E-state index < -0.39 is 5.97 Å². The zero-order chi connectivity index (χ0) is 14.4. The number of urea groups is 1. The van der Waals surface area contributed by atoms with Crippen molar-refractivity contribution in [2.75, 3.05) is 12.4 Å². The maximum Gasteiger partial charge on any atom is 0.335 e. The quantitative estimate of drug-likeness (QED) is 0.858. The van der Waals surface area contributed by atoms with Crippen LogP contribution in [0.1, 0.15) is 37.0 Å². The Balaban J connectivity index is 2.63. The number of carbonyl (C=O) groups is 2. The molecule has 1 unspecified atom stereocenters. The third kappa shape index (κ3) is 4.28. The fourth-order valence-electron chi connectivity index (χ4n) is 1.72. The molecule has 0 aromatic heterocycles. The Bertz CT molecular complexity index is 443. The highest BCUT2D eigenvalue weighted by atomic mass is 16.4. The number of carbonyl (C=O) groups excluding carboxylic acids is 1. The van der Waals surface area contributed by atoms with Crippen LogP contribution in [0.4, 0.5) is 10.5 Å². The number of hydrogen-bond acceptors (Lipinski definition) is 2. The maximum atomic E-state index is 11.9. The fourth-order valence-corrected chi connectivity index (χ4v) is 1.72. The highest BCUT2D eigenvalue weighted by Gasteiger charge is 2.14. The molecule has 1 rings (SSSR count). The van der Waals surface area contributed by atoms with Crippen LogP contribution in [0.25, 0.3) is 0 Å². The minimum Gasteiger partial charge on any atom is -0.478 e. The number of nitrogens with one attached hydrogen (secondary N) is 1. The molecule has 0 heterocycles. The van der Waals surface area contributed by atoms with Crippen molar-refractivity contribution in [1.82, 2.24) is 4.90 Å². The van der Waals surface area contributed by atoms with E-state index in [-0.39, 0.29) is 17.6 Å². The first-order valence-electron chi connectivity index (χ1n) is 6.32. The number of carboxylic acids is 1. The van der Waals surface area contributed by atoms with E-state index >= 15 is 0 Å². The molecular formula is C14H20N2O3. The van der Waals surface area contributed by atoms with Crippen LogP contribution in [-0.2, 0) is 0 Å². The molecule has 104 valence electrons. The van der Waals surface area contributed by atoms with E-state index in [1.165, 1.54) is 12.1 Å². The Morgan fingerprint density at radius 3 is 2.37 bits per heavy atom. The lowest BCUT2D eigenvalue weighted by Crippen LogP contribution is -2.38. The number of rotatable bonds is 5. The lowest BCUT2D eigenvalue weighted by Gasteiger charge is -2.24. The first-order chi connectivity index (χ1) is 8.95. The van der Waals surface area contributed by atoms with Crippen molar-refractivity contribution in [1.29, 1.82) is 0 Å². The van der Waals surface area contributed by atoms with Crippen LogP contribution in [0, 0.1) is 0 Å². The molecule has 1 aromatic carbocycles. The lowest BCUT2D eigenvalue weighted by molar-refractivity contribution is 0.0697. The largest absolute Gasteiger partial charge is 0.478 e. The Kier molecular flexibility index (Phi) is 5.36. The second-order valence-electron chi connectivity index (χ2n) is 4.56. The predicted octanol–water partition coefficient (Wildman–Crippen LogP) is 3.04. The molecule has 19 heavy (non-hydrogen) atoms. The van der Waals surface area contributed by atoms with Gasteiger partial charge >= 0.3 is 12.0 Å². The van der Waals surface area contributed by atoms with E-state index in [9.17, 15) is 9.59 Å². The van der Waals surface area contributed by atoms with Crippen molar-refractivity contribution in [3.05, 3.63) is 29.8 Å². The average molecular weight is 264 g/mol. The summed E-state index contributed by atoms with van der Waals surface area (Å²) in [5, 5.41) is 11.5. The summed E-state index contributed by atoms with van der Waals surface area (Å²) in [5.74, 6) is -0.980. The van der Waals surface area contributed by atoms with Crippen LogP contribution in [0.3, 0.4) is 0 Å². The summed E-state index contributed by atoms with van der Waals surface area (Å²) in [6.45, 7) is 4.07. The van der Waals surface area contributed by atoms with Crippen LogP contribution in [-0.4, -0.2) is 35.1 Å². The summed E-state index contributed by atoms with van der Waals surface area (Å²) in [6, 6.07) is 6.08. The summed E-state index contributed by atoms with van der Waals surface area (Å²) in [7, 11) is 1.75. The minimum absolute atomic E-state index is 0.170. The van der Waals surface area contributed by atoms with E-state index in [4.69, 9.17) is 5.11 Å². The summed E-state index contributed by atoms with van der Waals surface area (Å²) in [4.78, 5) is 24.3. The summed E-state index contributed by atoms with van der Waals surface area (Å²) < 4.78 is 0. The fraction of sp³-hybridized carbons (Fsp3) is 0.429. The zero-order valence-electron chi connectivity index (χ0n) is 11.5. The van der Waals surface area contributed by atoms with Crippen LogP contribution < -0.4 is 5.32 Å². The molecule has 0 saturated heterocycles. The SMILES string of the molecule is CCCC(C)N(C)C(=O)Nc1ccc(C(=O)O)cc1. The van der Waals surface area contributed by atoms with Crippen LogP contribution in [0.5, 0.6) is 0 Å². The Hall–Kier alpha value is -2.04. The van der Waals surface area contributed by atoms with Crippen molar-refractivity contribution in [3.63, 3.8) is 0 Å². The molecule has 1 aromatic rings. The molecule has 0 aliphatic rings. The molecule has 0 saturated carbocycles. The normalized spacial score (nSPS) is 11.7. The summed E-state index contributed by atoms with van der Waals surface area (Å²) in [5.41, 5.74) is 0.788. The van der Waals surface area contributed by atoms with Gasteiger partial charge in [0.15, 0.2) is 0 Å². The van der Waals surface area contributed by atoms with E-state index in [0.29, 0.717) is 5.69 Å². The van der Waals surface area contributed by atoms with Crippen LogP contribution in [0.15, 0.2) is 24.3 Å². The topological polar surface area (TPSA) is 69.6 Å². The average Bonchev–Trinajstić information content (AvgIpc) is 2.38. The highest BCUT2D eigenvalue weighted by Crippen LogP contribution is 2.12. The number of anilines is 1. The van der Waals surface area contributed by atoms with E-state index in [1.54, 1.807) is 24.1 Å². The molecule has 2 N–H and O–H groups in total. The number of aromatic carboxylic acids is 1. The minimum atomic E-state index is -0.980. The first-order valence-corrected chi connectivity index (χ1v) is 6.32. The van der Waals surface area contributed by atoms with Gasteiger partial charge in [-0.1, -0.05) is 13.3 Å². The van der Waals surface area contributed by atoms with E-state index in [1.807, 2.05) is 6.92 Å². The van der Waals surface area contributed by atoms with Crippen molar-refractivity contribution in [2.45, 2.75) is 32.7 Å². The van der Waals surface area contributed by atoms with Gasteiger partial charge in [-0.05, 0) is 37.6 Å². The monoisotopic (exact) mass is 264 g/mol. The first kappa shape index (κ1) is 15.0. The standard InChI is InChI=1S/C14H20N2O3/c1-4-5-10(2)16(3)14(19)15-12-8-6-11(7-9-12)13(17)18/h6-10H,4-5H2,1-3H3,(H,15,19)(H,17,18). The number of benzene rings is 1. The summed E-state index contributed by atoms with van der Waals surface area (Å²) in [6.07, 6.45) is 1.97. The molecule has 5 nitrogen and oxygen atoms in total. The van der Waals surface area contributed by atoms with E-state index in [2.05, 4.69) is 12.2 Å². The molecule has 1 atom stereocenters. The number of amides is 2. The summed E-state index contributed by atoms with van der Waals surface area (Å²) >= 11 is 0.